The number of fused-ring (bicyclic) bond motifs is 1. The Kier molecular flexibility index (Phi) is 2.50. The van der Waals surface area contributed by atoms with Crippen LogP contribution < -0.4 is 0 Å². The summed E-state index contributed by atoms with van der Waals surface area (Å²) in [6.45, 7) is 2.97. The summed E-state index contributed by atoms with van der Waals surface area (Å²) in [4.78, 5) is 0. The summed E-state index contributed by atoms with van der Waals surface area (Å²) in [7, 11) is 0. The van der Waals surface area contributed by atoms with Crippen molar-refractivity contribution in [1.82, 2.24) is 0 Å². The van der Waals surface area contributed by atoms with Crippen molar-refractivity contribution >= 4 is 0 Å². The highest BCUT2D eigenvalue weighted by atomic mass is 16.5. The predicted octanol–water partition coefficient (Wildman–Crippen LogP) is 2.91. The molecular weight excluding hydrogens is 148 g/mol. The molecule has 0 amide bonds. The zero-order valence-corrected chi connectivity index (χ0v) is 7.88. The van der Waals surface area contributed by atoms with Gasteiger partial charge in [0.25, 0.3) is 0 Å². The molecule has 2 atom stereocenters. The number of allylic oxidation sites excluding steroid dienone is 1. The van der Waals surface area contributed by atoms with E-state index in [9.17, 15) is 0 Å². The number of hydrogen-bond acceptors (Lipinski definition) is 1. The molecule has 1 nitrogen and oxygen atoms in total. The number of ether oxygens (including phenoxy) is 1. The lowest BCUT2D eigenvalue weighted by molar-refractivity contribution is 0.0661. The molecule has 0 aromatic rings. The molecular formula is C11H18O. The molecule has 1 fully saturated rings. The first-order valence-corrected chi connectivity index (χ1v) is 5.20. The van der Waals surface area contributed by atoms with Crippen LogP contribution in [0.1, 0.15) is 39.0 Å². The summed E-state index contributed by atoms with van der Waals surface area (Å²) in [5, 5.41) is 0. The molecule has 0 aromatic heterocycles. The fourth-order valence-corrected chi connectivity index (χ4v) is 2.55. The van der Waals surface area contributed by atoms with Gasteiger partial charge >= 0.3 is 0 Å². The first-order chi connectivity index (χ1) is 5.90. The van der Waals surface area contributed by atoms with Gasteiger partial charge in [-0.1, -0.05) is 11.6 Å². The maximum absolute atomic E-state index is 5.65. The molecule has 12 heavy (non-hydrogen) atoms. The van der Waals surface area contributed by atoms with Crippen molar-refractivity contribution in [1.29, 1.82) is 0 Å². The summed E-state index contributed by atoms with van der Waals surface area (Å²) in [6.07, 6.45) is 9.63. The monoisotopic (exact) mass is 166 g/mol. The SMILES string of the molecule is CCO[C@@H]1CC2=CCCC[C@@H]2C1. The van der Waals surface area contributed by atoms with Crippen LogP contribution in [0.2, 0.25) is 0 Å². The van der Waals surface area contributed by atoms with Gasteiger partial charge in [0, 0.05) is 6.61 Å². The van der Waals surface area contributed by atoms with Crippen LogP contribution >= 0.6 is 0 Å². The maximum atomic E-state index is 5.65. The van der Waals surface area contributed by atoms with Crippen LogP contribution in [0.25, 0.3) is 0 Å². The molecule has 2 aliphatic carbocycles. The van der Waals surface area contributed by atoms with Crippen LogP contribution in [0.5, 0.6) is 0 Å². The highest BCUT2D eigenvalue weighted by Gasteiger charge is 2.30. The van der Waals surface area contributed by atoms with Gasteiger partial charge in [-0.25, -0.2) is 0 Å². The topological polar surface area (TPSA) is 9.23 Å². The van der Waals surface area contributed by atoms with Gasteiger partial charge < -0.3 is 4.74 Å². The van der Waals surface area contributed by atoms with E-state index in [0.717, 1.165) is 12.5 Å². The van der Waals surface area contributed by atoms with E-state index in [1.807, 2.05) is 0 Å². The van der Waals surface area contributed by atoms with Crippen LogP contribution in [-0.2, 0) is 4.74 Å². The standard InChI is InChI=1S/C11H18O/c1-2-12-11-7-9-5-3-4-6-10(9)8-11/h5,10-11H,2-4,6-8H2,1H3/t10-,11-/m1/s1. The molecule has 0 saturated heterocycles. The van der Waals surface area contributed by atoms with E-state index in [4.69, 9.17) is 4.74 Å². The van der Waals surface area contributed by atoms with E-state index >= 15 is 0 Å². The minimum Gasteiger partial charge on any atom is -0.378 e. The van der Waals surface area contributed by atoms with Crippen LogP contribution in [0.15, 0.2) is 11.6 Å². The fraction of sp³-hybridized carbons (Fsp3) is 0.818. The average Bonchev–Trinajstić information content (AvgIpc) is 2.47. The summed E-state index contributed by atoms with van der Waals surface area (Å²) in [6, 6.07) is 0. The Morgan fingerprint density at radius 1 is 1.58 bits per heavy atom. The van der Waals surface area contributed by atoms with E-state index < -0.39 is 0 Å². The second-order valence-corrected chi connectivity index (χ2v) is 3.92. The molecule has 0 unspecified atom stereocenters. The first kappa shape index (κ1) is 8.31. The number of hydrogen-bond donors (Lipinski definition) is 0. The van der Waals surface area contributed by atoms with Crippen molar-refractivity contribution in [3.8, 4) is 0 Å². The van der Waals surface area contributed by atoms with Gasteiger partial charge in [0.05, 0.1) is 6.10 Å². The fourth-order valence-electron chi connectivity index (χ4n) is 2.55. The van der Waals surface area contributed by atoms with Crippen molar-refractivity contribution < 1.29 is 4.74 Å². The van der Waals surface area contributed by atoms with Crippen molar-refractivity contribution in [2.45, 2.75) is 45.1 Å². The van der Waals surface area contributed by atoms with E-state index in [2.05, 4.69) is 13.0 Å². The summed E-state index contributed by atoms with van der Waals surface area (Å²) >= 11 is 0. The quantitative estimate of drug-likeness (QED) is 0.573. The first-order valence-electron chi connectivity index (χ1n) is 5.20. The molecule has 2 aliphatic rings. The molecule has 0 N–H and O–H groups in total. The van der Waals surface area contributed by atoms with Gasteiger partial charge in [-0.05, 0) is 44.9 Å². The minimum absolute atomic E-state index is 0.546. The molecule has 1 heteroatoms. The normalized spacial score (nSPS) is 34.6. The van der Waals surface area contributed by atoms with Crippen LogP contribution in [0, 0.1) is 5.92 Å². The van der Waals surface area contributed by atoms with Gasteiger partial charge in [-0.2, -0.15) is 0 Å². The molecule has 0 radical (unpaired) electrons. The molecule has 68 valence electrons. The Labute approximate surface area is 74.8 Å². The van der Waals surface area contributed by atoms with Crippen LogP contribution in [0.4, 0.5) is 0 Å². The van der Waals surface area contributed by atoms with Gasteiger partial charge in [0.1, 0.15) is 0 Å². The van der Waals surface area contributed by atoms with Gasteiger partial charge in [0.15, 0.2) is 0 Å². The summed E-state index contributed by atoms with van der Waals surface area (Å²) < 4.78 is 5.65. The third-order valence-corrected chi connectivity index (χ3v) is 3.10. The van der Waals surface area contributed by atoms with Crippen LogP contribution in [0.3, 0.4) is 0 Å². The van der Waals surface area contributed by atoms with Gasteiger partial charge in [-0.15, -0.1) is 0 Å². The van der Waals surface area contributed by atoms with E-state index in [-0.39, 0.29) is 0 Å². The van der Waals surface area contributed by atoms with Crippen molar-refractivity contribution in [2.24, 2.45) is 5.92 Å². The molecule has 0 bridgehead atoms. The number of rotatable bonds is 2. The van der Waals surface area contributed by atoms with Gasteiger partial charge in [-0.3, -0.25) is 0 Å². The Hall–Kier alpha value is -0.300. The smallest absolute Gasteiger partial charge is 0.0617 e. The lowest BCUT2D eigenvalue weighted by atomic mass is 9.90. The average molecular weight is 166 g/mol. The van der Waals surface area contributed by atoms with Crippen molar-refractivity contribution in [2.75, 3.05) is 6.61 Å². The minimum atomic E-state index is 0.546. The highest BCUT2D eigenvalue weighted by Crippen LogP contribution is 2.39. The molecule has 2 rings (SSSR count). The summed E-state index contributed by atoms with van der Waals surface area (Å²) in [5.74, 6) is 0.885. The molecule has 0 aromatic carbocycles. The second-order valence-electron chi connectivity index (χ2n) is 3.92. The Bertz CT molecular complexity index is 183. The Balaban J connectivity index is 1.95. The van der Waals surface area contributed by atoms with Crippen molar-refractivity contribution in [3.05, 3.63) is 11.6 Å². The Morgan fingerprint density at radius 3 is 3.25 bits per heavy atom. The molecule has 0 heterocycles. The maximum Gasteiger partial charge on any atom is 0.0617 e. The highest BCUT2D eigenvalue weighted by molar-refractivity contribution is 5.16. The zero-order valence-electron chi connectivity index (χ0n) is 7.88. The van der Waals surface area contributed by atoms with Crippen molar-refractivity contribution in [3.63, 3.8) is 0 Å². The summed E-state index contributed by atoms with van der Waals surface area (Å²) in [5.41, 5.74) is 1.69. The van der Waals surface area contributed by atoms with E-state index in [1.165, 1.54) is 32.1 Å². The largest absolute Gasteiger partial charge is 0.378 e. The van der Waals surface area contributed by atoms with Gasteiger partial charge in [0.2, 0.25) is 0 Å². The molecule has 0 aliphatic heterocycles. The Morgan fingerprint density at radius 2 is 2.50 bits per heavy atom. The third-order valence-electron chi connectivity index (χ3n) is 3.10. The van der Waals surface area contributed by atoms with Crippen LogP contribution in [-0.4, -0.2) is 12.7 Å². The lowest BCUT2D eigenvalue weighted by Crippen LogP contribution is -2.08. The third kappa shape index (κ3) is 1.56. The molecule has 1 saturated carbocycles. The van der Waals surface area contributed by atoms with E-state index in [0.29, 0.717) is 6.10 Å². The lowest BCUT2D eigenvalue weighted by Gasteiger charge is -2.15. The second kappa shape index (κ2) is 3.61. The zero-order chi connectivity index (χ0) is 8.39. The molecule has 0 spiro atoms. The predicted molar refractivity (Wildman–Crippen MR) is 50.1 cm³/mol. The van der Waals surface area contributed by atoms with E-state index in [1.54, 1.807) is 5.57 Å².